The van der Waals surface area contributed by atoms with Crippen LogP contribution in [0, 0.1) is 0 Å². The van der Waals surface area contributed by atoms with Crippen LogP contribution in [0.25, 0.3) is 79.6 Å². The van der Waals surface area contributed by atoms with Gasteiger partial charge in [-0.15, -0.1) is 22.7 Å². The third-order valence-electron chi connectivity index (χ3n) is 8.05. The minimum absolute atomic E-state index is 1.06. The molecule has 0 bridgehead atoms. The highest BCUT2D eigenvalue weighted by molar-refractivity contribution is 7.26. The molecule has 0 aliphatic carbocycles. The molecule has 3 aromatic heterocycles. The summed E-state index contributed by atoms with van der Waals surface area (Å²) in [4.78, 5) is 4.86. The van der Waals surface area contributed by atoms with E-state index in [0.717, 1.165) is 21.8 Å². The highest BCUT2D eigenvalue weighted by atomic mass is 32.1. The monoisotopic (exact) mass is 558 g/mol. The van der Waals surface area contributed by atoms with Crippen molar-refractivity contribution in [1.82, 2.24) is 9.55 Å². The van der Waals surface area contributed by atoms with Crippen LogP contribution in [0.3, 0.4) is 0 Å². The maximum absolute atomic E-state index is 4.86. The number of fused-ring (bicyclic) bond motifs is 7. The van der Waals surface area contributed by atoms with E-state index in [0.29, 0.717) is 0 Å². The van der Waals surface area contributed by atoms with Crippen molar-refractivity contribution >= 4 is 74.9 Å². The van der Waals surface area contributed by atoms with Crippen molar-refractivity contribution in [3.8, 4) is 27.4 Å². The first-order valence-corrected chi connectivity index (χ1v) is 15.4. The second kappa shape index (κ2) is 8.87. The quantitative estimate of drug-likeness (QED) is 0.211. The Morgan fingerprint density at radius 1 is 0.488 bits per heavy atom. The van der Waals surface area contributed by atoms with E-state index in [4.69, 9.17) is 4.98 Å². The van der Waals surface area contributed by atoms with Crippen LogP contribution in [0.1, 0.15) is 0 Å². The maximum atomic E-state index is 4.86. The molecule has 41 heavy (non-hydrogen) atoms. The lowest BCUT2D eigenvalue weighted by Gasteiger charge is -2.09. The molecule has 0 atom stereocenters. The van der Waals surface area contributed by atoms with Gasteiger partial charge in [-0.1, -0.05) is 72.8 Å². The Labute approximate surface area is 244 Å². The fourth-order valence-corrected chi connectivity index (χ4v) is 8.35. The predicted molar refractivity (Wildman–Crippen MR) is 178 cm³/mol. The number of para-hydroxylation sites is 2. The van der Waals surface area contributed by atoms with Gasteiger partial charge in [0, 0.05) is 42.2 Å². The number of nitrogens with zero attached hydrogens (tertiary/aromatic N) is 2. The number of hydrogen-bond acceptors (Lipinski definition) is 3. The van der Waals surface area contributed by atoms with E-state index in [1.165, 1.54) is 57.8 Å². The maximum Gasteiger partial charge on any atom is 0.124 e. The van der Waals surface area contributed by atoms with Crippen LogP contribution in [0.15, 0.2) is 133 Å². The lowest BCUT2D eigenvalue weighted by atomic mass is 10.0. The molecule has 0 saturated carbocycles. The van der Waals surface area contributed by atoms with E-state index >= 15 is 0 Å². The Morgan fingerprint density at radius 2 is 1.20 bits per heavy atom. The Hall–Kier alpha value is -4.77. The zero-order chi connectivity index (χ0) is 26.9. The smallest absolute Gasteiger partial charge is 0.124 e. The third kappa shape index (κ3) is 3.51. The zero-order valence-corrected chi connectivity index (χ0v) is 23.5. The molecule has 0 N–H and O–H groups in total. The first-order chi connectivity index (χ1) is 20.3. The number of rotatable bonds is 3. The molecule has 4 heteroatoms. The summed E-state index contributed by atoms with van der Waals surface area (Å²) in [5.74, 6) is 0. The standard InChI is InChI=1S/C37H22N2S2/c1-4-13-32-27(8-1)30-22-24(26-10-7-11-29-28-9-2-5-14-34(28)40-36(26)29)18-21-33(30)39(32)25-19-16-23(17-20-25)37-38-31-12-3-6-15-35(31)41-37/h1-22H. The summed E-state index contributed by atoms with van der Waals surface area (Å²) in [6.07, 6.45) is 0. The van der Waals surface area contributed by atoms with Gasteiger partial charge in [0.25, 0.3) is 0 Å². The minimum atomic E-state index is 1.06. The summed E-state index contributed by atoms with van der Waals surface area (Å²) >= 11 is 3.63. The summed E-state index contributed by atoms with van der Waals surface area (Å²) < 4.78 is 6.29. The molecule has 0 saturated heterocycles. The molecule has 0 aliphatic heterocycles. The topological polar surface area (TPSA) is 17.8 Å². The van der Waals surface area contributed by atoms with Crippen LogP contribution in [0.2, 0.25) is 0 Å². The number of benzene rings is 6. The second-order valence-electron chi connectivity index (χ2n) is 10.4. The van der Waals surface area contributed by atoms with E-state index in [1.807, 2.05) is 17.4 Å². The average molecular weight is 559 g/mol. The molecular formula is C37H22N2S2. The fourth-order valence-electron chi connectivity index (χ4n) is 6.14. The van der Waals surface area contributed by atoms with Crippen LogP contribution in [0.4, 0.5) is 0 Å². The molecule has 0 spiro atoms. The number of thiophene rings is 1. The van der Waals surface area contributed by atoms with Crippen molar-refractivity contribution in [2.75, 3.05) is 0 Å². The van der Waals surface area contributed by atoms with Crippen molar-refractivity contribution in [2.24, 2.45) is 0 Å². The number of thiazole rings is 1. The van der Waals surface area contributed by atoms with Gasteiger partial charge < -0.3 is 4.57 Å². The molecule has 0 unspecified atom stereocenters. The molecule has 0 fully saturated rings. The minimum Gasteiger partial charge on any atom is -0.309 e. The summed E-state index contributed by atoms with van der Waals surface area (Å²) in [5, 5.41) is 6.26. The van der Waals surface area contributed by atoms with E-state index in [9.17, 15) is 0 Å². The molecule has 3 heterocycles. The van der Waals surface area contributed by atoms with Crippen molar-refractivity contribution in [3.63, 3.8) is 0 Å². The lowest BCUT2D eigenvalue weighted by molar-refractivity contribution is 1.18. The molecule has 2 nitrogen and oxygen atoms in total. The first kappa shape index (κ1) is 23.0. The molecule has 0 aliphatic rings. The van der Waals surface area contributed by atoms with E-state index in [2.05, 4.69) is 132 Å². The Morgan fingerprint density at radius 3 is 2.07 bits per heavy atom. The molecule has 0 radical (unpaired) electrons. The average Bonchev–Trinajstić information content (AvgIpc) is 3.72. The van der Waals surface area contributed by atoms with E-state index < -0.39 is 0 Å². The molecule has 9 aromatic rings. The van der Waals surface area contributed by atoms with Crippen LogP contribution in [-0.2, 0) is 0 Å². The molecule has 0 amide bonds. The van der Waals surface area contributed by atoms with Crippen molar-refractivity contribution in [2.45, 2.75) is 0 Å². The van der Waals surface area contributed by atoms with Gasteiger partial charge in [-0.3, -0.25) is 0 Å². The lowest BCUT2D eigenvalue weighted by Crippen LogP contribution is -1.93. The van der Waals surface area contributed by atoms with Crippen molar-refractivity contribution in [1.29, 1.82) is 0 Å². The van der Waals surface area contributed by atoms with Crippen LogP contribution in [-0.4, -0.2) is 9.55 Å². The summed E-state index contributed by atoms with van der Waals surface area (Å²) in [7, 11) is 0. The highest BCUT2D eigenvalue weighted by Gasteiger charge is 2.16. The Kier molecular flexibility index (Phi) is 4.97. The van der Waals surface area contributed by atoms with Gasteiger partial charge in [0.2, 0.25) is 0 Å². The molecule has 9 rings (SSSR count). The Bertz CT molecular complexity index is 2390. The van der Waals surface area contributed by atoms with Gasteiger partial charge in [-0.2, -0.15) is 0 Å². The fraction of sp³-hybridized carbons (Fsp3) is 0. The molecule has 192 valence electrons. The van der Waals surface area contributed by atoms with Crippen LogP contribution < -0.4 is 0 Å². The van der Waals surface area contributed by atoms with E-state index in [1.54, 1.807) is 11.3 Å². The van der Waals surface area contributed by atoms with Gasteiger partial charge in [0.05, 0.1) is 21.3 Å². The number of hydrogen-bond donors (Lipinski definition) is 0. The van der Waals surface area contributed by atoms with Gasteiger partial charge in [0.1, 0.15) is 5.01 Å². The van der Waals surface area contributed by atoms with Gasteiger partial charge in [0.15, 0.2) is 0 Å². The first-order valence-electron chi connectivity index (χ1n) is 13.7. The van der Waals surface area contributed by atoms with Crippen LogP contribution >= 0.6 is 22.7 Å². The second-order valence-corrected chi connectivity index (χ2v) is 12.5. The normalized spacial score (nSPS) is 11.9. The van der Waals surface area contributed by atoms with Gasteiger partial charge in [-0.05, 0) is 71.8 Å². The zero-order valence-electron chi connectivity index (χ0n) is 21.9. The highest BCUT2D eigenvalue weighted by Crippen LogP contribution is 2.42. The number of aromatic nitrogens is 2. The Balaban J connectivity index is 1.20. The summed E-state index contributed by atoms with van der Waals surface area (Å²) in [5.41, 5.74) is 8.33. The molecular weight excluding hydrogens is 537 g/mol. The molecule has 6 aromatic carbocycles. The van der Waals surface area contributed by atoms with Crippen LogP contribution in [0.5, 0.6) is 0 Å². The summed E-state index contributed by atoms with van der Waals surface area (Å²) in [6, 6.07) is 48.3. The van der Waals surface area contributed by atoms with E-state index in [-0.39, 0.29) is 0 Å². The third-order valence-corrected chi connectivity index (χ3v) is 10.4. The largest absolute Gasteiger partial charge is 0.309 e. The van der Waals surface area contributed by atoms with Crippen molar-refractivity contribution in [3.05, 3.63) is 133 Å². The predicted octanol–water partition coefficient (Wildman–Crippen LogP) is 11.1. The van der Waals surface area contributed by atoms with Gasteiger partial charge in [-0.25, -0.2) is 4.98 Å². The van der Waals surface area contributed by atoms with Gasteiger partial charge >= 0.3 is 0 Å². The SMILES string of the molecule is c1ccc2sc(-c3ccc(-n4c5ccccc5c5cc(-c6cccc7c6sc6ccccc67)ccc54)cc3)nc2c1. The van der Waals surface area contributed by atoms with Crippen molar-refractivity contribution < 1.29 is 0 Å². The summed E-state index contributed by atoms with van der Waals surface area (Å²) in [6.45, 7) is 0.